The van der Waals surface area contributed by atoms with Gasteiger partial charge in [-0.25, -0.2) is 4.98 Å². The van der Waals surface area contributed by atoms with Gasteiger partial charge in [0.15, 0.2) is 5.13 Å². The van der Waals surface area contributed by atoms with Gasteiger partial charge in [-0.3, -0.25) is 15.0 Å². The summed E-state index contributed by atoms with van der Waals surface area (Å²) in [4.78, 5) is 18.8. The largest absolute Gasteiger partial charge is 0.416 e. The third kappa shape index (κ3) is 6.24. The summed E-state index contributed by atoms with van der Waals surface area (Å²) in [7, 11) is 0. The molecule has 2 N–H and O–H groups in total. The van der Waals surface area contributed by atoms with Gasteiger partial charge in [0.2, 0.25) is 0 Å². The minimum Gasteiger partial charge on any atom is -0.383 e. The number of morpholine rings is 1. The van der Waals surface area contributed by atoms with E-state index in [-0.39, 0.29) is 24.2 Å². The van der Waals surface area contributed by atoms with Crippen molar-refractivity contribution in [3.63, 3.8) is 0 Å². The predicted octanol–water partition coefficient (Wildman–Crippen LogP) is 3.31. The molecule has 0 aliphatic carbocycles. The second-order valence-electron chi connectivity index (χ2n) is 7.50. The lowest BCUT2D eigenvalue weighted by Gasteiger charge is -2.34. The molecule has 3 rings (SSSR count). The van der Waals surface area contributed by atoms with Crippen LogP contribution in [-0.2, 0) is 28.7 Å². The van der Waals surface area contributed by atoms with E-state index in [1.54, 1.807) is 0 Å². The van der Waals surface area contributed by atoms with Gasteiger partial charge in [0.25, 0.3) is 5.91 Å². The van der Waals surface area contributed by atoms with Gasteiger partial charge in [0.1, 0.15) is 6.10 Å². The summed E-state index contributed by atoms with van der Waals surface area (Å²) in [6.45, 7) is 6.23. The molecular formula is C20H24F3N3O3S. The van der Waals surface area contributed by atoms with E-state index in [1.165, 1.54) is 23.5 Å². The number of hydrogen-bond donors (Lipinski definition) is 2. The maximum Gasteiger partial charge on any atom is 0.416 e. The third-order valence-electron chi connectivity index (χ3n) is 4.65. The van der Waals surface area contributed by atoms with E-state index in [2.05, 4.69) is 15.2 Å². The number of carbonyl (C=O) groups is 1. The zero-order valence-corrected chi connectivity index (χ0v) is 17.5. The van der Waals surface area contributed by atoms with Crippen molar-refractivity contribution >= 4 is 22.4 Å². The number of rotatable bonds is 6. The topological polar surface area (TPSA) is 74.7 Å². The Labute approximate surface area is 176 Å². The predicted molar refractivity (Wildman–Crippen MR) is 107 cm³/mol. The zero-order chi connectivity index (χ0) is 21.9. The number of benzene rings is 1. The van der Waals surface area contributed by atoms with Crippen LogP contribution in [0.15, 0.2) is 29.6 Å². The number of aromatic nitrogens is 1. The molecule has 10 heteroatoms. The van der Waals surface area contributed by atoms with E-state index in [0.717, 1.165) is 30.9 Å². The van der Waals surface area contributed by atoms with E-state index >= 15 is 0 Å². The van der Waals surface area contributed by atoms with Crippen molar-refractivity contribution in [2.75, 3.05) is 18.4 Å². The van der Waals surface area contributed by atoms with Gasteiger partial charge in [-0.1, -0.05) is 18.2 Å². The van der Waals surface area contributed by atoms with E-state index < -0.39 is 23.8 Å². The molecule has 1 aliphatic rings. The first kappa shape index (κ1) is 22.7. The number of nitrogens with zero attached hydrogens (tertiary/aromatic N) is 2. The van der Waals surface area contributed by atoms with Crippen molar-refractivity contribution in [3.05, 3.63) is 46.5 Å². The smallest absolute Gasteiger partial charge is 0.383 e. The number of halogens is 3. The van der Waals surface area contributed by atoms with Crippen molar-refractivity contribution < 1.29 is 27.8 Å². The zero-order valence-electron chi connectivity index (χ0n) is 16.6. The van der Waals surface area contributed by atoms with Crippen LogP contribution in [0.5, 0.6) is 0 Å². The fourth-order valence-electron chi connectivity index (χ4n) is 3.46. The third-order valence-corrected chi connectivity index (χ3v) is 5.46. The number of nitrogens with one attached hydrogen (secondary N) is 1. The lowest BCUT2D eigenvalue weighted by Crippen LogP contribution is -2.44. The molecule has 164 valence electrons. The summed E-state index contributed by atoms with van der Waals surface area (Å²) in [5, 5.41) is 14.8. The summed E-state index contributed by atoms with van der Waals surface area (Å²) >= 11 is 1.24. The number of aliphatic hydroxyl groups is 1. The van der Waals surface area contributed by atoms with Crippen LogP contribution in [0.2, 0.25) is 0 Å². The van der Waals surface area contributed by atoms with E-state index in [9.17, 15) is 23.1 Å². The molecule has 0 spiro atoms. The number of aliphatic hydroxyl groups excluding tert-OH is 1. The highest BCUT2D eigenvalue weighted by molar-refractivity contribution is 7.13. The number of anilines is 1. The van der Waals surface area contributed by atoms with Crippen molar-refractivity contribution in [2.24, 2.45) is 0 Å². The molecule has 30 heavy (non-hydrogen) atoms. The Balaban J connectivity index is 1.55. The maximum atomic E-state index is 12.8. The fourth-order valence-corrected chi connectivity index (χ4v) is 4.16. The highest BCUT2D eigenvalue weighted by Gasteiger charge is 2.30. The number of amides is 1. The molecule has 6 nitrogen and oxygen atoms in total. The van der Waals surface area contributed by atoms with Crippen molar-refractivity contribution in [1.82, 2.24) is 9.88 Å². The number of hydrogen-bond acceptors (Lipinski definition) is 6. The van der Waals surface area contributed by atoms with Crippen LogP contribution in [0.25, 0.3) is 0 Å². The summed E-state index contributed by atoms with van der Waals surface area (Å²) in [5.74, 6) is -0.707. The van der Waals surface area contributed by atoms with Crippen LogP contribution < -0.4 is 5.32 Å². The number of alkyl halides is 3. The number of thiazole rings is 1. The van der Waals surface area contributed by atoms with Gasteiger partial charge in [-0.2, -0.15) is 13.2 Å². The summed E-state index contributed by atoms with van der Waals surface area (Å²) < 4.78 is 44.1. The first-order valence-corrected chi connectivity index (χ1v) is 10.5. The van der Waals surface area contributed by atoms with Gasteiger partial charge in [0.05, 0.1) is 23.5 Å². The van der Waals surface area contributed by atoms with Gasteiger partial charge in [0, 0.05) is 31.4 Å². The number of carbonyl (C=O) groups excluding carboxylic acids is 1. The normalized spacial score (nSPS) is 21.4. The molecule has 2 aromatic rings. The average Bonchev–Trinajstić information content (AvgIpc) is 3.07. The second kappa shape index (κ2) is 9.42. The minimum atomic E-state index is -4.48. The minimum absolute atomic E-state index is 0.137. The molecule has 1 aliphatic heterocycles. The van der Waals surface area contributed by atoms with E-state index in [0.29, 0.717) is 11.7 Å². The summed E-state index contributed by atoms with van der Waals surface area (Å²) in [6.07, 6.45) is -5.91. The van der Waals surface area contributed by atoms with Crippen LogP contribution in [-0.4, -0.2) is 52.3 Å². The van der Waals surface area contributed by atoms with Crippen molar-refractivity contribution in [3.8, 4) is 0 Å². The first-order valence-electron chi connectivity index (χ1n) is 9.57. The Bertz CT molecular complexity index is 864. The number of ether oxygens (including phenoxy) is 1. The molecule has 0 bridgehead atoms. The SMILES string of the molecule is C[C@@H]1CN(Cc2csc(NC(=O)[C@H](O)Cc3cccc(C(F)(F)F)c3)n2)C[C@H](C)O1. The Kier molecular flexibility index (Phi) is 7.12. The lowest BCUT2D eigenvalue weighted by molar-refractivity contribution is -0.137. The van der Waals surface area contributed by atoms with Gasteiger partial charge >= 0.3 is 6.18 Å². The van der Waals surface area contributed by atoms with Crippen LogP contribution in [0.3, 0.4) is 0 Å². The van der Waals surface area contributed by atoms with Crippen molar-refractivity contribution in [2.45, 2.75) is 51.3 Å². The Morgan fingerprint density at radius 3 is 2.73 bits per heavy atom. The molecule has 0 radical (unpaired) electrons. The van der Waals surface area contributed by atoms with Crippen LogP contribution in [0, 0.1) is 0 Å². The van der Waals surface area contributed by atoms with Gasteiger partial charge in [-0.05, 0) is 25.5 Å². The second-order valence-corrected chi connectivity index (χ2v) is 8.36. The Morgan fingerprint density at radius 2 is 2.07 bits per heavy atom. The van der Waals surface area contributed by atoms with Crippen molar-refractivity contribution in [1.29, 1.82) is 0 Å². The molecule has 0 unspecified atom stereocenters. The quantitative estimate of drug-likeness (QED) is 0.717. The molecule has 1 aromatic heterocycles. The monoisotopic (exact) mass is 443 g/mol. The van der Waals surface area contributed by atoms with Crippen LogP contribution >= 0.6 is 11.3 Å². The molecule has 3 atom stereocenters. The van der Waals surface area contributed by atoms with Gasteiger partial charge in [-0.15, -0.1) is 11.3 Å². The highest BCUT2D eigenvalue weighted by Crippen LogP contribution is 2.29. The highest BCUT2D eigenvalue weighted by atomic mass is 32.1. The standard InChI is InChI=1S/C20H24F3N3O3S/c1-12-8-26(9-13(2)29-12)10-16-11-30-19(24-16)25-18(28)17(27)7-14-4-3-5-15(6-14)20(21,22)23/h3-6,11-13,17,27H,7-10H2,1-2H3,(H,24,25,28)/t12-,13+,17-/m1/s1. The molecule has 0 saturated carbocycles. The lowest BCUT2D eigenvalue weighted by atomic mass is 10.0. The molecule has 1 fully saturated rings. The molecular weight excluding hydrogens is 419 g/mol. The maximum absolute atomic E-state index is 12.8. The first-order chi connectivity index (χ1) is 14.1. The summed E-state index contributed by atoms with van der Waals surface area (Å²) in [6, 6.07) is 4.58. The summed E-state index contributed by atoms with van der Waals surface area (Å²) in [5.41, 5.74) is 0.204. The molecule has 1 amide bonds. The molecule has 1 aromatic carbocycles. The molecule has 1 saturated heterocycles. The van der Waals surface area contributed by atoms with E-state index in [1.807, 2.05) is 19.2 Å². The van der Waals surface area contributed by atoms with E-state index in [4.69, 9.17) is 4.74 Å². The Morgan fingerprint density at radius 1 is 1.37 bits per heavy atom. The Hall–Kier alpha value is -2.01. The average molecular weight is 443 g/mol. The van der Waals surface area contributed by atoms with Crippen LogP contribution in [0.4, 0.5) is 18.3 Å². The van der Waals surface area contributed by atoms with Gasteiger partial charge < -0.3 is 9.84 Å². The fraction of sp³-hybridized carbons (Fsp3) is 0.500. The van der Waals surface area contributed by atoms with Crippen LogP contribution in [0.1, 0.15) is 30.7 Å². The molecule has 2 heterocycles.